The second-order valence-electron chi connectivity index (χ2n) is 4.09. The van der Waals surface area contributed by atoms with Crippen molar-refractivity contribution in [3.63, 3.8) is 0 Å². The zero-order chi connectivity index (χ0) is 14.8. The highest BCUT2D eigenvalue weighted by Gasteiger charge is 2.26. The molecule has 2 N–H and O–H groups in total. The van der Waals surface area contributed by atoms with Crippen LogP contribution in [-0.4, -0.2) is 49.3 Å². The van der Waals surface area contributed by atoms with Crippen LogP contribution in [0.5, 0.6) is 0 Å². The number of methoxy groups -OCH3 is 1. The van der Waals surface area contributed by atoms with E-state index in [0.717, 1.165) is 0 Å². The van der Waals surface area contributed by atoms with Gasteiger partial charge in [0.2, 0.25) is 0 Å². The summed E-state index contributed by atoms with van der Waals surface area (Å²) in [6.07, 6.45) is 1.55. The van der Waals surface area contributed by atoms with Gasteiger partial charge in [-0.1, -0.05) is 17.7 Å². The number of aliphatic hydroxyl groups is 1. The van der Waals surface area contributed by atoms with Crippen LogP contribution in [0.4, 0.5) is 0 Å². The molecule has 110 valence electrons. The molecule has 0 spiro atoms. The largest absolute Gasteiger partial charge is 0.395 e. The molecule has 1 unspecified atom stereocenters. The summed E-state index contributed by atoms with van der Waals surface area (Å²) in [6.45, 7) is -0.342. The molecule has 2 aromatic rings. The van der Waals surface area contributed by atoms with E-state index in [1.165, 1.54) is 11.5 Å². The number of imidazole rings is 1. The van der Waals surface area contributed by atoms with Crippen molar-refractivity contribution >= 4 is 27.3 Å². The highest BCUT2D eigenvalue weighted by atomic mass is 35.5. The van der Waals surface area contributed by atoms with E-state index in [4.69, 9.17) is 21.4 Å². The average Bonchev–Trinajstić information content (AvgIpc) is 2.74. The van der Waals surface area contributed by atoms with E-state index in [2.05, 4.69) is 9.71 Å². The lowest BCUT2D eigenvalue weighted by Gasteiger charge is -2.15. The Morgan fingerprint density at radius 3 is 2.95 bits per heavy atom. The molecule has 2 heterocycles. The van der Waals surface area contributed by atoms with Gasteiger partial charge in [-0.15, -0.1) is 0 Å². The summed E-state index contributed by atoms with van der Waals surface area (Å²) in [6, 6.07) is 4.28. The van der Waals surface area contributed by atoms with Gasteiger partial charge < -0.3 is 9.84 Å². The lowest BCUT2D eigenvalue weighted by atomic mass is 10.4. The molecule has 0 saturated heterocycles. The number of rotatable bonds is 6. The van der Waals surface area contributed by atoms with E-state index in [9.17, 15) is 8.42 Å². The number of hydrogen-bond acceptors (Lipinski definition) is 5. The number of pyridine rings is 1. The highest BCUT2D eigenvalue weighted by Crippen LogP contribution is 2.22. The quantitative estimate of drug-likeness (QED) is 0.797. The van der Waals surface area contributed by atoms with Crippen molar-refractivity contribution < 1.29 is 18.3 Å². The molecular weight excluding hydrogens is 306 g/mol. The minimum absolute atomic E-state index is 0.0457. The number of hydrogen-bond donors (Lipinski definition) is 2. The Bertz CT molecular complexity index is 701. The Morgan fingerprint density at radius 2 is 2.30 bits per heavy atom. The molecule has 0 radical (unpaired) electrons. The zero-order valence-electron chi connectivity index (χ0n) is 10.7. The summed E-state index contributed by atoms with van der Waals surface area (Å²) in [5.41, 5.74) is 0.421. The smallest absolute Gasteiger partial charge is 0.260 e. The van der Waals surface area contributed by atoms with E-state index < -0.39 is 16.1 Å². The van der Waals surface area contributed by atoms with Crippen LogP contribution in [0.3, 0.4) is 0 Å². The fourth-order valence-corrected chi connectivity index (χ4v) is 3.64. The molecule has 0 aliphatic carbocycles. The molecule has 1 atom stereocenters. The molecule has 2 aromatic heterocycles. The van der Waals surface area contributed by atoms with Crippen LogP contribution in [-0.2, 0) is 14.8 Å². The maximum Gasteiger partial charge on any atom is 0.260 e. The van der Waals surface area contributed by atoms with Gasteiger partial charge in [0.25, 0.3) is 10.0 Å². The third-order valence-electron chi connectivity index (χ3n) is 2.61. The van der Waals surface area contributed by atoms with Crippen LogP contribution >= 0.6 is 11.6 Å². The minimum atomic E-state index is -3.93. The molecule has 20 heavy (non-hydrogen) atoms. The normalized spacial score (nSPS) is 13.8. The highest BCUT2D eigenvalue weighted by molar-refractivity contribution is 7.89. The van der Waals surface area contributed by atoms with E-state index in [1.807, 2.05) is 0 Å². The predicted octanol–water partition coefficient (Wildman–Crippen LogP) is 0.273. The standard InChI is InChI=1S/C11H14ClN3O4S/c1-19-7-8(6-16)14-20(17,18)11-10(12)13-9-4-2-3-5-15(9)11/h2-5,8,14,16H,6-7H2,1H3. The molecule has 0 bridgehead atoms. The molecule has 0 aromatic carbocycles. The fourth-order valence-electron chi connectivity index (χ4n) is 1.79. The second kappa shape index (κ2) is 6.06. The second-order valence-corrected chi connectivity index (χ2v) is 6.08. The van der Waals surface area contributed by atoms with E-state index in [1.54, 1.807) is 24.4 Å². The third-order valence-corrected chi connectivity index (χ3v) is 4.53. The molecule has 0 amide bonds. The first kappa shape index (κ1) is 15.2. The van der Waals surface area contributed by atoms with E-state index >= 15 is 0 Å². The Kier molecular flexibility index (Phi) is 4.61. The predicted molar refractivity (Wildman–Crippen MR) is 73.3 cm³/mol. The number of aliphatic hydroxyl groups excluding tert-OH is 1. The number of nitrogens with zero attached hydrogens (tertiary/aromatic N) is 2. The average molecular weight is 320 g/mol. The van der Waals surface area contributed by atoms with Gasteiger partial charge in [-0.05, 0) is 12.1 Å². The topological polar surface area (TPSA) is 92.9 Å². The summed E-state index contributed by atoms with van der Waals surface area (Å²) in [5, 5.41) is 8.85. The third kappa shape index (κ3) is 2.94. The lowest BCUT2D eigenvalue weighted by Crippen LogP contribution is -2.41. The summed E-state index contributed by atoms with van der Waals surface area (Å²) in [4.78, 5) is 3.97. The summed E-state index contributed by atoms with van der Waals surface area (Å²) >= 11 is 5.91. The van der Waals surface area contributed by atoms with Gasteiger partial charge in [0.15, 0.2) is 10.2 Å². The van der Waals surface area contributed by atoms with Gasteiger partial charge in [-0.25, -0.2) is 18.1 Å². The van der Waals surface area contributed by atoms with Gasteiger partial charge in [0, 0.05) is 13.3 Å². The molecule has 0 fully saturated rings. The number of sulfonamides is 1. The Balaban J connectivity index is 2.44. The van der Waals surface area contributed by atoms with Gasteiger partial charge in [0.1, 0.15) is 5.65 Å². The molecule has 7 nitrogen and oxygen atoms in total. The minimum Gasteiger partial charge on any atom is -0.395 e. The van der Waals surface area contributed by atoms with Crippen molar-refractivity contribution in [2.75, 3.05) is 20.3 Å². The van der Waals surface area contributed by atoms with Crippen LogP contribution in [0.2, 0.25) is 5.15 Å². The van der Waals surface area contributed by atoms with Crippen molar-refractivity contribution in [2.45, 2.75) is 11.1 Å². The van der Waals surface area contributed by atoms with Crippen LogP contribution in [0, 0.1) is 0 Å². The van der Waals surface area contributed by atoms with E-state index in [-0.39, 0.29) is 23.4 Å². The summed E-state index contributed by atoms with van der Waals surface area (Å²) in [7, 11) is -2.51. The SMILES string of the molecule is COCC(CO)NS(=O)(=O)c1c(Cl)nc2ccccn12. The van der Waals surface area contributed by atoms with Crippen molar-refractivity contribution in [3.8, 4) is 0 Å². The van der Waals surface area contributed by atoms with Crippen molar-refractivity contribution in [3.05, 3.63) is 29.5 Å². The van der Waals surface area contributed by atoms with Gasteiger partial charge >= 0.3 is 0 Å². The molecule has 0 aliphatic rings. The van der Waals surface area contributed by atoms with Crippen LogP contribution in [0.25, 0.3) is 5.65 Å². The number of aromatic nitrogens is 2. The molecule has 2 rings (SSSR count). The Morgan fingerprint density at radius 1 is 1.55 bits per heavy atom. The van der Waals surface area contributed by atoms with Crippen molar-refractivity contribution in [1.29, 1.82) is 0 Å². The van der Waals surface area contributed by atoms with Crippen LogP contribution in [0.15, 0.2) is 29.4 Å². The van der Waals surface area contributed by atoms with Gasteiger partial charge in [-0.2, -0.15) is 0 Å². The first-order chi connectivity index (χ1) is 9.49. The first-order valence-corrected chi connectivity index (χ1v) is 7.60. The number of halogens is 1. The maximum absolute atomic E-state index is 12.3. The number of fused-ring (bicyclic) bond motifs is 1. The zero-order valence-corrected chi connectivity index (χ0v) is 12.2. The lowest BCUT2D eigenvalue weighted by molar-refractivity contribution is 0.139. The van der Waals surface area contributed by atoms with Crippen LogP contribution < -0.4 is 4.72 Å². The monoisotopic (exact) mass is 319 g/mol. The summed E-state index contributed by atoms with van der Waals surface area (Å²) < 4.78 is 33.2. The first-order valence-electron chi connectivity index (χ1n) is 5.74. The van der Waals surface area contributed by atoms with E-state index in [0.29, 0.717) is 5.65 Å². The Labute approximate surface area is 121 Å². The molecular formula is C11H14ClN3O4S. The number of nitrogens with one attached hydrogen (secondary N) is 1. The molecule has 0 aliphatic heterocycles. The van der Waals surface area contributed by atoms with Crippen LogP contribution in [0.1, 0.15) is 0 Å². The fraction of sp³-hybridized carbons (Fsp3) is 0.364. The van der Waals surface area contributed by atoms with Crippen molar-refractivity contribution in [1.82, 2.24) is 14.1 Å². The molecule has 0 saturated carbocycles. The maximum atomic E-state index is 12.3. The summed E-state index contributed by atoms with van der Waals surface area (Å²) in [5.74, 6) is 0. The molecule has 9 heteroatoms. The van der Waals surface area contributed by atoms with Crippen molar-refractivity contribution in [2.24, 2.45) is 0 Å². The van der Waals surface area contributed by atoms with Gasteiger partial charge in [-0.3, -0.25) is 4.40 Å². The van der Waals surface area contributed by atoms with Gasteiger partial charge in [0.05, 0.1) is 19.3 Å². The number of ether oxygens (including phenoxy) is 1. The Hall–Kier alpha value is -1.19.